The molecule has 1 aliphatic carbocycles. The number of hydrogen-bond acceptors (Lipinski definition) is 4. The van der Waals surface area contributed by atoms with Crippen LogP contribution in [0.4, 0.5) is 5.82 Å². The van der Waals surface area contributed by atoms with Crippen LogP contribution in [-0.4, -0.2) is 25.6 Å². The number of aliphatic carboxylic acids is 1. The van der Waals surface area contributed by atoms with Gasteiger partial charge in [-0.25, -0.2) is 9.97 Å². The summed E-state index contributed by atoms with van der Waals surface area (Å²) in [4.78, 5) is 19.7. The first-order valence-corrected chi connectivity index (χ1v) is 9.10. The fraction of sp³-hybridized carbons (Fsp3) is 0.526. The molecule has 1 atom stereocenters. The quantitative estimate of drug-likeness (QED) is 0.799. The van der Waals surface area contributed by atoms with Gasteiger partial charge in [0.2, 0.25) is 0 Å². The first-order chi connectivity index (χ1) is 12.1. The molecule has 2 aromatic heterocycles. The maximum Gasteiger partial charge on any atom is 0.303 e. The second-order valence-electron chi connectivity index (χ2n) is 6.89. The molecule has 0 amide bonds. The Morgan fingerprint density at radius 3 is 2.76 bits per heavy atom. The summed E-state index contributed by atoms with van der Waals surface area (Å²) in [5, 5.41) is 8.93. The number of aromatic nitrogens is 3. The lowest BCUT2D eigenvalue weighted by Gasteiger charge is -2.22. The number of carboxylic acid groups (broad SMARTS) is 1. The van der Waals surface area contributed by atoms with Gasteiger partial charge in [0.1, 0.15) is 5.82 Å². The Kier molecular flexibility index (Phi) is 5.68. The molecule has 0 radical (unpaired) electrons. The number of hydrogen-bond donors (Lipinski definition) is 2. The fourth-order valence-electron chi connectivity index (χ4n) is 3.68. The van der Waals surface area contributed by atoms with Gasteiger partial charge in [-0.15, -0.1) is 0 Å². The summed E-state index contributed by atoms with van der Waals surface area (Å²) in [6, 6.07) is 4.30. The van der Waals surface area contributed by atoms with Gasteiger partial charge in [0.05, 0.1) is 12.0 Å². The molecular formula is C19H26N4O2. The van der Waals surface area contributed by atoms with Crippen molar-refractivity contribution in [3.63, 3.8) is 0 Å². The van der Waals surface area contributed by atoms with E-state index in [2.05, 4.69) is 20.7 Å². The Hall–Kier alpha value is -2.37. The first-order valence-electron chi connectivity index (χ1n) is 9.10. The highest BCUT2D eigenvalue weighted by molar-refractivity contribution is 5.66. The number of nitrogens with two attached hydrogens (primary N) is 1. The molecule has 25 heavy (non-hydrogen) atoms. The highest BCUT2D eigenvalue weighted by Gasteiger charge is 2.21. The van der Waals surface area contributed by atoms with Crippen molar-refractivity contribution in [2.24, 2.45) is 0 Å². The SMILES string of the molecule is Nc1ccc(C(CCCC(=O)O)c2cn(C3CCCCC3)cn2)cn1. The summed E-state index contributed by atoms with van der Waals surface area (Å²) in [6.45, 7) is 0. The molecule has 0 bridgehead atoms. The lowest BCUT2D eigenvalue weighted by atomic mass is 9.91. The van der Waals surface area contributed by atoms with Crippen molar-refractivity contribution in [2.75, 3.05) is 5.73 Å². The minimum atomic E-state index is -0.762. The minimum absolute atomic E-state index is 0.0530. The number of carboxylic acids is 1. The maximum atomic E-state index is 10.9. The van der Waals surface area contributed by atoms with Gasteiger partial charge >= 0.3 is 5.97 Å². The minimum Gasteiger partial charge on any atom is -0.481 e. The van der Waals surface area contributed by atoms with E-state index in [1.54, 1.807) is 12.3 Å². The Bertz CT molecular complexity index is 690. The normalized spacial score (nSPS) is 16.6. The third-order valence-corrected chi connectivity index (χ3v) is 5.07. The van der Waals surface area contributed by atoms with E-state index in [1.807, 2.05) is 12.4 Å². The second-order valence-corrected chi connectivity index (χ2v) is 6.89. The molecule has 0 aromatic carbocycles. The molecule has 0 saturated heterocycles. The zero-order valence-electron chi connectivity index (χ0n) is 14.5. The number of anilines is 1. The van der Waals surface area contributed by atoms with Crippen molar-refractivity contribution in [2.45, 2.75) is 63.3 Å². The highest BCUT2D eigenvalue weighted by Crippen LogP contribution is 2.32. The first kappa shape index (κ1) is 17.5. The van der Waals surface area contributed by atoms with Crippen molar-refractivity contribution in [3.05, 3.63) is 42.1 Å². The van der Waals surface area contributed by atoms with E-state index in [1.165, 1.54) is 32.1 Å². The molecular weight excluding hydrogens is 316 g/mol. The summed E-state index contributed by atoms with van der Waals surface area (Å²) >= 11 is 0. The molecule has 2 heterocycles. The lowest BCUT2D eigenvalue weighted by molar-refractivity contribution is -0.137. The second kappa shape index (κ2) is 8.14. The maximum absolute atomic E-state index is 10.9. The monoisotopic (exact) mass is 342 g/mol. The molecule has 0 spiro atoms. The Morgan fingerprint density at radius 1 is 1.28 bits per heavy atom. The largest absolute Gasteiger partial charge is 0.481 e. The van der Waals surface area contributed by atoms with Gasteiger partial charge in [0, 0.05) is 30.8 Å². The summed E-state index contributed by atoms with van der Waals surface area (Å²) in [6.07, 6.45) is 13.7. The molecule has 2 aromatic rings. The van der Waals surface area contributed by atoms with Crippen molar-refractivity contribution in [1.29, 1.82) is 0 Å². The number of nitrogen functional groups attached to an aromatic ring is 1. The third kappa shape index (κ3) is 4.59. The molecule has 1 unspecified atom stereocenters. The number of imidazole rings is 1. The predicted octanol–water partition coefficient (Wildman–Crippen LogP) is 3.75. The number of rotatable bonds is 7. The number of carbonyl (C=O) groups is 1. The van der Waals surface area contributed by atoms with E-state index in [0.717, 1.165) is 17.7 Å². The summed E-state index contributed by atoms with van der Waals surface area (Å²) in [7, 11) is 0. The molecule has 1 fully saturated rings. The molecule has 1 aliphatic rings. The molecule has 3 rings (SSSR count). The number of nitrogens with zero attached hydrogens (tertiary/aromatic N) is 3. The van der Waals surface area contributed by atoms with Crippen molar-refractivity contribution in [3.8, 4) is 0 Å². The smallest absolute Gasteiger partial charge is 0.303 e. The van der Waals surface area contributed by atoms with Crippen LogP contribution in [0.3, 0.4) is 0 Å². The predicted molar refractivity (Wildman–Crippen MR) is 96.3 cm³/mol. The molecule has 6 heteroatoms. The van der Waals surface area contributed by atoms with Crippen molar-refractivity contribution in [1.82, 2.24) is 14.5 Å². The van der Waals surface area contributed by atoms with Crippen LogP contribution in [-0.2, 0) is 4.79 Å². The van der Waals surface area contributed by atoms with E-state index in [4.69, 9.17) is 10.8 Å². The highest BCUT2D eigenvalue weighted by atomic mass is 16.4. The van der Waals surface area contributed by atoms with E-state index in [0.29, 0.717) is 18.3 Å². The topological polar surface area (TPSA) is 94.0 Å². The number of pyridine rings is 1. The Balaban J connectivity index is 1.79. The summed E-state index contributed by atoms with van der Waals surface area (Å²) < 4.78 is 2.24. The summed E-state index contributed by atoms with van der Waals surface area (Å²) in [5.74, 6) is -0.222. The average molecular weight is 342 g/mol. The zero-order valence-corrected chi connectivity index (χ0v) is 14.5. The van der Waals surface area contributed by atoms with Gasteiger partial charge in [0.25, 0.3) is 0 Å². The average Bonchev–Trinajstić information content (AvgIpc) is 3.10. The van der Waals surface area contributed by atoms with E-state index in [9.17, 15) is 4.79 Å². The van der Waals surface area contributed by atoms with Crippen molar-refractivity contribution < 1.29 is 9.90 Å². The van der Waals surface area contributed by atoms with Crippen LogP contribution in [0.1, 0.15) is 74.6 Å². The molecule has 0 aliphatic heterocycles. The van der Waals surface area contributed by atoms with Crippen LogP contribution >= 0.6 is 0 Å². The van der Waals surface area contributed by atoms with Crippen LogP contribution in [0, 0.1) is 0 Å². The van der Waals surface area contributed by atoms with Gasteiger partial charge in [0.15, 0.2) is 0 Å². The van der Waals surface area contributed by atoms with Crippen LogP contribution < -0.4 is 5.73 Å². The van der Waals surface area contributed by atoms with Gasteiger partial charge < -0.3 is 15.4 Å². The van der Waals surface area contributed by atoms with Crippen LogP contribution in [0.5, 0.6) is 0 Å². The Morgan fingerprint density at radius 2 is 2.08 bits per heavy atom. The standard InChI is InChI=1S/C19H26N4O2/c20-18-10-9-14(11-21-18)16(7-4-8-19(24)25)17-12-23(13-22-17)15-5-2-1-3-6-15/h9-13,15-16H,1-8H2,(H2,20,21)(H,24,25). The third-order valence-electron chi connectivity index (χ3n) is 5.07. The molecule has 3 N–H and O–H groups in total. The van der Waals surface area contributed by atoms with Gasteiger partial charge in [-0.2, -0.15) is 0 Å². The molecule has 1 saturated carbocycles. The summed E-state index contributed by atoms with van der Waals surface area (Å²) in [5.41, 5.74) is 7.72. The lowest BCUT2D eigenvalue weighted by Crippen LogP contribution is -2.11. The van der Waals surface area contributed by atoms with Gasteiger partial charge in [-0.05, 0) is 37.3 Å². The van der Waals surface area contributed by atoms with Crippen LogP contribution in [0.25, 0.3) is 0 Å². The van der Waals surface area contributed by atoms with E-state index >= 15 is 0 Å². The van der Waals surface area contributed by atoms with Crippen molar-refractivity contribution >= 4 is 11.8 Å². The zero-order chi connectivity index (χ0) is 17.6. The van der Waals surface area contributed by atoms with Crippen LogP contribution in [0.2, 0.25) is 0 Å². The fourth-order valence-corrected chi connectivity index (χ4v) is 3.68. The van der Waals surface area contributed by atoms with E-state index < -0.39 is 5.97 Å². The van der Waals surface area contributed by atoms with Gasteiger partial charge in [-0.3, -0.25) is 4.79 Å². The Labute approximate surface area is 148 Å². The van der Waals surface area contributed by atoms with Crippen LogP contribution in [0.15, 0.2) is 30.9 Å². The molecule has 134 valence electrons. The molecule has 6 nitrogen and oxygen atoms in total. The van der Waals surface area contributed by atoms with Gasteiger partial charge in [-0.1, -0.05) is 25.3 Å². The van der Waals surface area contributed by atoms with E-state index in [-0.39, 0.29) is 12.3 Å².